The van der Waals surface area contributed by atoms with Gasteiger partial charge < -0.3 is 5.11 Å². The molecule has 110 valence electrons. The Bertz CT molecular complexity index is 645. The van der Waals surface area contributed by atoms with E-state index in [2.05, 4.69) is 10.3 Å². The van der Waals surface area contributed by atoms with Crippen LogP contribution < -0.4 is 0 Å². The molecule has 1 aromatic carbocycles. The lowest BCUT2D eigenvalue weighted by Gasteiger charge is -2.12. The Morgan fingerprint density at radius 2 is 1.95 bits per heavy atom. The first-order chi connectivity index (χ1) is 10.1. The van der Waals surface area contributed by atoms with Crippen molar-refractivity contribution in [1.29, 1.82) is 0 Å². The highest BCUT2D eigenvalue weighted by Gasteiger charge is 2.23. The Balaban J connectivity index is 2.00. The van der Waals surface area contributed by atoms with Crippen LogP contribution in [0.15, 0.2) is 24.3 Å². The number of carboxylic acids is 1. The standard InChI is InChI=1S/C15H16ClN3O2/c16-12-7-5-11(6-8-12)14-13(15(20)21)17-18-19(14)9-10-3-1-2-4-10/h5-8,10H,1-4,9H2,(H,20,21). The summed E-state index contributed by atoms with van der Waals surface area (Å²) in [5.41, 5.74) is 1.33. The quantitative estimate of drug-likeness (QED) is 0.939. The molecule has 6 heteroatoms. The van der Waals surface area contributed by atoms with Crippen LogP contribution in [-0.4, -0.2) is 26.1 Å². The Labute approximate surface area is 127 Å². The number of hydrogen-bond donors (Lipinski definition) is 1. The molecule has 0 aliphatic heterocycles. The number of hydrogen-bond acceptors (Lipinski definition) is 3. The van der Waals surface area contributed by atoms with E-state index < -0.39 is 5.97 Å². The second kappa shape index (κ2) is 5.85. The topological polar surface area (TPSA) is 68.0 Å². The number of aromatic nitrogens is 3. The summed E-state index contributed by atoms with van der Waals surface area (Å²) in [5, 5.41) is 17.8. The second-order valence-corrected chi connectivity index (χ2v) is 5.87. The average Bonchev–Trinajstić information content (AvgIpc) is 3.10. The van der Waals surface area contributed by atoms with E-state index in [0.717, 1.165) is 12.1 Å². The normalized spacial score (nSPS) is 15.5. The summed E-state index contributed by atoms with van der Waals surface area (Å²) >= 11 is 5.90. The molecule has 3 rings (SSSR count). The number of halogens is 1. The summed E-state index contributed by atoms with van der Waals surface area (Å²) in [5.74, 6) is -0.503. The minimum absolute atomic E-state index is 0.00433. The van der Waals surface area contributed by atoms with Gasteiger partial charge in [0.05, 0.1) is 0 Å². The molecule has 0 saturated heterocycles. The lowest BCUT2D eigenvalue weighted by Crippen LogP contribution is -2.11. The maximum Gasteiger partial charge on any atom is 0.358 e. The second-order valence-electron chi connectivity index (χ2n) is 5.43. The van der Waals surface area contributed by atoms with Gasteiger partial charge in [0.1, 0.15) is 5.69 Å². The molecule has 1 N–H and O–H groups in total. The molecule has 2 aromatic rings. The maximum atomic E-state index is 11.4. The van der Waals surface area contributed by atoms with E-state index in [-0.39, 0.29) is 5.69 Å². The molecule has 1 aromatic heterocycles. The average molecular weight is 306 g/mol. The van der Waals surface area contributed by atoms with Crippen molar-refractivity contribution in [1.82, 2.24) is 15.0 Å². The molecule has 0 radical (unpaired) electrons. The van der Waals surface area contributed by atoms with E-state index in [4.69, 9.17) is 11.6 Å². The molecule has 5 nitrogen and oxygen atoms in total. The van der Waals surface area contributed by atoms with Crippen molar-refractivity contribution in [3.8, 4) is 11.3 Å². The van der Waals surface area contributed by atoms with Gasteiger partial charge in [-0.2, -0.15) is 0 Å². The molecule has 0 bridgehead atoms. The predicted octanol–water partition coefficient (Wildman–Crippen LogP) is 3.49. The highest BCUT2D eigenvalue weighted by atomic mass is 35.5. The summed E-state index contributed by atoms with van der Waals surface area (Å²) in [4.78, 5) is 11.4. The van der Waals surface area contributed by atoms with Crippen LogP contribution in [0.3, 0.4) is 0 Å². The lowest BCUT2D eigenvalue weighted by molar-refractivity contribution is 0.0691. The summed E-state index contributed by atoms with van der Waals surface area (Å²) in [6.45, 7) is 0.720. The van der Waals surface area contributed by atoms with Crippen molar-refractivity contribution in [3.63, 3.8) is 0 Å². The summed E-state index contributed by atoms with van der Waals surface area (Å²) in [7, 11) is 0. The van der Waals surface area contributed by atoms with Crippen molar-refractivity contribution in [3.05, 3.63) is 35.0 Å². The van der Waals surface area contributed by atoms with Crippen LogP contribution in [0.5, 0.6) is 0 Å². The Morgan fingerprint density at radius 3 is 2.57 bits per heavy atom. The van der Waals surface area contributed by atoms with Gasteiger partial charge in [0.15, 0.2) is 5.69 Å². The van der Waals surface area contributed by atoms with Gasteiger partial charge in [-0.3, -0.25) is 0 Å². The van der Waals surface area contributed by atoms with Crippen LogP contribution in [0.4, 0.5) is 0 Å². The molecule has 21 heavy (non-hydrogen) atoms. The Kier molecular flexibility index (Phi) is 3.92. The van der Waals surface area contributed by atoms with Gasteiger partial charge in [0, 0.05) is 17.1 Å². The molecular formula is C15H16ClN3O2. The van der Waals surface area contributed by atoms with Crippen LogP contribution in [0.2, 0.25) is 5.02 Å². The largest absolute Gasteiger partial charge is 0.476 e. The van der Waals surface area contributed by atoms with E-state index in [1.165, 1.54) is 25.7 Å². The van der Waals surface area contributed by atoms with E-state index in [1.54, 1.807) is 28.9 Å². The highest BCUT2D eigenvalue weighted by Crippen LogP contribution is 2.29. The number of aromatic carboxylic acids is 1. The monoisotopic (exact) mass is 305 g/mol. The van der Waals surface area contributed by atoms with Crippen molar-refractivity contribution in [2.24, 2.45) is 5.92 Å². The van der Waals surface area contributed by atoms with E-state index in [1.807, 2.05) is 0 Å². The zero-order valence-corrected chi connectivity index (χ0v) is 12.3. The van der Waals surface area contributed by atoms with Crippen molar-refractivity contribution < 1.29 is 9.90 Å². The molecule has 0 atom stereocenters. The van der Waals surface area contributed by atoms with Gasteiger partial charge in [0.25, 0.3) is 0 Å². The number of carboxylic acid groups (broad SMARTS) is 1. The van der Waals surface area contributed by atoms with Crippen LogP contribution in [0.1, 0.15) is 36.2 Å². The van der Waals surface area contributed by atoms with E-state index in [9.17, 15) is 9.90 Å². The molecular weight excluding hydrogens is 290 g/mol. The van der Waals surface area contributed by atoms with Gasteiger partial charge in [0.2, 0.25) is 0 Å². The lowest BCUT2D eigenvalue weighted by atomic mass is 10.1. The molecule has 0 unspecified atom stereocenters. The molecule has 0 amide bonds. The summed E-state index contributed by atoms with van der Waals surface area (Å²) in [6.07, 6.45) is 4.81. The van der Waals surface area contributed by atoms with Gasteiger partial charge >= 0.3 is 5.97 Å². The molecule has 1 fully saturated rings. The third-order valence-corrected chi connectivity index (χ3v) is 4.21. The minimum Gasteiger partial charge on any atom is -0.476 e. The maximum absolute atomic E-state index is 11.4. The summed E-state index contributed by atoms with van der Waals surface area (Å²) < 4.78 is 1.72. The smallest absolute Gasteiger partial charge is 0.358 e. The van der Waals surface area contributed by atoms with Crippen LogP contribution in [-0.2, 0) is 6.54 Å². The van der Waals surface area contributed by atoms with E-state index in [0.29, 0.717) is 16.6 Å². The van der Waals surface area contributed by atoms with Gasteiger partial charge in [-0.25, -0.2) is 9.48 Å². The predicted molar refractivity (Wildman–Crippen MR) is 79.4 cm³/mol. The number of nitrogens with zero attached hydrogens (tertiary/aromatic N) is 3. The number of benzene rings is 1. The Morgan fingerprint density at radius 1 is 1.29 bits per heavy atom. The molecule has 1 saturated carbocycles. The van der Waals surface area contributed by atoms with Gasteiger partial charge in [-0.1, -0.05) is 41.8 Å². The van der Waals surface area contributed by atoms with Gasteiger partial charge in [-0.05, 0) is 30.9 Å². The first-order valence-electron chi connectivity index (χ1n) is 7.08. The van der Waals surface area contributed by atoms with Crippen molar-refractivity contribution >= 4 is 17.6 Å². The fourth-order valence-electron chi connectivity index (χ4n) is 2.92. The summed E-state index contributed by atoms with van der Waals surface area (Å²) in [6, 6.07) is 7.10. The zero-order chi connectivity index (χ0) is 14.8. The first-order valence-corrected chi connectivity index (χ1v) is 7.45. The fraction of sp³-hybridized carbons (Fsp3) is 0.400. The third kappa shape index (κ3) is 2.93. The van der Waals surface area contributed by atoms with Crippen molar-refractivity contribution in [2.75, 3.05) is 0 Å². The zero-order valence-electron chi connectivity index (χ0n) is 11.5. The van der Waals surface area contributed by atoms with Crippen LogP contribution in [0.25, 0.3) is 11.3 Å². The Hall–Kier alpha value is -1.88. The van der Waals surface area contributed by atoms with Gasteiger partial charge in [-0.15, -0.1) is 5.10 Å². The number of carbonyl (C=O) groups is 1. The van der Waals surface area contributed by atoms with Crippen LogP contribution in [0, 0.1) is 5.92 Å². The molecule has 1 aliphatic rings. The first kappa shape index (κ1) is 14.1. The number of rotatable bonds is 4. The molecule has 1 aliphatic carbocycles. The van der Waals surface area contributed by atoms with Crippen molar-refractivity contribution in [2.45, 2.75) is 32.2 Å². The fourth-order valence-corrected chi connectivity index (χ4v) is 3.04. The van der Waals surface area contributed by atoms with Crippen LogP contribution >= 0.6 is 11.6 Å². The SMILES string of the molecule is O=C(O)c1nnn(CC2CCCC2)c1-c1ccc(Cl)cc1. The van der Waals surface area contributed by atoms with E-state index >= 15 is 0 Å². The minimum atomic E-state index is -1.06. The highest BCUT2D eigenvalue weighted by molar-refractivity contribution is 6.30. The molecule has 0 spiro atoms. The molecule has 1 heterocycles. The third-order valence-electron chi connectivity index (χ3n) is 3.96.